The second-order valence-electron chi connectivity index (χ2n) is 7.13. The Morgan fingerprint density at radius 1 is 0.692 bits per heavy atom. The highest BCUT2D eigenvalue weighted by Gasteiger charge is 1.94. The van der Waals surface area contributed by atoms with E-state index in [0.29, 0.717) is 0 Å². The number of rotatable bonds is 11. The van der Waals surface area contributed by atoms with E-state index in [-0.39, 0.29) is 0 Å². The van der Waals surface area contributed by atoms with Gasteiger partial charge in [-0.15, -0.1) is 0 Å². The molecular formula is C25H37N. The van der Waals surface area contributed by atoms with Crippen LogP contribution in [0.5, 0.6) is 0 Å². The van der Waals surface area contributed by atoms with Crippen molar-refractivity contribution in [2.24, 2.45) is 0 Å². The first-order chi connectivity index (χ1) is 12.7. The van der Waals surface area contributed by atoms with E-state index in [1.54, 1.807) is 0 Å². The van der Waals surface area contributed by atoms with Gasteiger partial charge in [-0.2, -0.15) is 0 Å². The first kappa shape index (κ1) is 22.2. The second kappa shape index (κ2) is 15.4. The molecule has 0 atom stereocenters. The quantitative estimate of drug-likeness (QED) is 0.400. The van der Waals surface area contributed by atoms with Crippen LogP contribution in [0.2, 0.25) is 0 Å². The minimum atomic E-state index is 1.17. The van der Waals surface area contributed by atoms with Gasteiger partial charge in [-0.05, 0) is 51.0 Å². The minimum Gasteiger partial charge on any atom is -0.309 e. The van der Waals surface area contributed by atoms with Gasteiger partial charge in [0.2, 0.25) is 0 Å². The molecule has 0 amide bonds. The molecule has 0 radical (unpaired) electrons. The summed E-state index contributed by atoms with van der Waals surface area (Å²) in [6.07, 6.45) is 12.8. The number of hydrogen-bond acceptors (Lipinski definition) is 1. The predicted molar refractivity (Wildman–Crippen MR) is 118 cm³/mol. The Bertz CT molecular complexity index is 545. The van der Waals surface area contributed by atoms with Gasteiger partial charge in [0, 0.05) is 0 Å². The lowest BCUT2D eigenvalue weighted by Gasteiger charge is -2.08. The van der Waals surface area contributed by atoms with Crippen molar-refractivity contribution in [1.82, 2.24) is 4.90 Å². The molecule has 2 aromatic carbocycles. The van der Waals surface area contributed by atoms with E-state index in [1.165, 1.54) is 69.0 Å². The summed E-state index contributed by atoms with van der Waals surface area (Å²) >= 11 is 0. The maximum absolute atomic E-state index is 3.63. The zero-order valence-corrected chi connectivity index (χ0v) is 16.9. The van der Waals surface area contributed by atoms with Gasteiger partial charge in [0.25, 0.3) is 0 Å². The summed E-state index contributed by atoms with van der Waals surface area (Å²) in [4.78, 5) is 2.28. The molecule has 26 heavy (non-hydrogen) atoms. The summed E-state index contributed by atoms with van der Waals surface area (Å²) in [7, 11) is 4.31. The topological polar surface area (TPSA) is 3.24 Å². The van der Waals surface area contributed by atoms with E-state index in [2.05, 4.69) is 55.9 Å². The first-order valence-electron chi connectivity index (χ1n) is 10.1. The monoisotopic (exact) mass is 351 g/mol. The Morgan fingerprint density at radius 2 is 1.19 bits per heavy atom. The van der Waals surface area contributed by atoms with Gasteiger partial charge in [-0.1, -0.05) is 105 Å². The molecule has 0 bridgehead atoms. The minimum absolute atomic E-state index is 1.17. The maximum atomic E-state index is 3.63. The van der Waals surface area contributed by atoms with E-state index in [4.69, 9.17) is 0 Å². The van der Waals surface area contributed by atoms with Crippen LogP contribution in [0.15, 0.2) is 67.2 Å². The zero-order valence-electron chi connectivity index (χ0n) is 16.9. The lowest BCUT2D eigenvalue weighted by atomic mass is 10.0. The van der Waals surface area contributed by atoms with Crippen molar-refractivity contribution in [3.8, 4) is 0 Å². The highest BCUT2D eigenvalue weighted by molar-refractivity contribution is 5.45. The summed E-state index contributed by atoms with van der Waals surface area (Å²) in [5.41, 5.74) is 2.66. The maximum Gasteiger partial charge on any atom is -0.00248 e. The largest absolute Gasteiger partial charge is 0.309 e. The van der Waals surface area contributed by atoms with Crippen LogP contribution in [0.25, 0.3) is 6.08 Å². The van der Waals surface area contributed by atoms with Crippen LogP contribution in [-0.2, 0) is 6.42 Å². The summed E-state index contributed by atoms with van der Waals surface area (Å²) in [6, 6.07) is 20.9. The summed E-state index contributed by atoms with van der Waals surface area (Å²) in [5, 5.41) is 0. The average Bonchev–Trinajstić information content (AvgIpc) is 2.68. The molecule has 0 saturated carbocycles. The molecule has 1 heteroatoms. The van der Waals surface area contributed by atoms with Crippen molar-refractivity contribution < 1.29 is 0 Å². The molecule has 0 aromatic heterocycles. The molecule has 0 heterocycles. The van der Waals surface area contributed by atoms with E-state index in [9.17, 15) is 0 Å². The van der Waals surface area contributed by atoms with Crippen LogP contribution in [-0.4, -0.2) is 25.5 Å². The van der Waals surface area contributed by atoms with Gasteiger partial charge in [0.05, 0.1) is 0 Å². The van der Waals surface area contributed by atoms with E-state index < -0.39 is 0 Å². The van der Waals surface area contributed by atoms with Crippen molar-refractivity contribution in [2.45, 2.75) is 51.4 Å². The van der Waals surface area contributed by atoms with Crippen molar-refractivity contribution in [2.75, 3.05) is 20.6 Å². The standard InChI is InChI=1S/C17H29N.C8H8/c1-18(2)16-12-7-5-3-4-6-9-13-17-14-10-8-11-15-17;1-2-8-6-4-3-5-7-8/h8,10-11,14-15H,3-7,9,12-13,16H2,1-2H3;2-7H,1H2. The van der Waals surface area contributed by atoms with E-state index in [1.807, 2.05) is 36.4 Å². The number of aryl methyl sites for hydroxylation is 1. The Labute approximate surface area is 161 Å². The van der Waals surface area contributed by atoms with Crippen LogP contribution >= 0.6 is 0 Å². The smallest absolute Gasteiger partial charge is 0.00248 e. The fraction of sp³-hybridized carbons (Fsp3) is 0.440. The van der Waals surface area contributed by atoms with E-state index in [0.717, 1.165) is 0 Å². The lowest BCUT2D eigenvalue weighted by molar-refractivity contribution is 0.389. The number of nitrogens with zero attached hydrogens (tertiary/aromatic N) is 1. The third kappa shape index (κ3) is 12.5. The second-order valence-corrected chi connectivity index (χ2v) is 7.13. The van der Waals surface area contributed by atoms with E-state index >= 15 is 0 Å². The molecule has 0 spiro atoms. The third-order valence-corrected chi connectivity index (χ3v) is 4.45. The molecule has 0 N–H and O–H groups in total. The molecule has 0 aliphatic rings. The molecule has 0 unspecified atom stereocenters. The lowest BCUT2D eigenvalue weighted by Crippen LogP contribution is -2.12. The predicted octanol–water partition coefficient (Wildman–Crippen LogP) is 6.85. The van der Waals surface area contributed by atoms with Crippen LogP contribution in [0.4, 0.5) is 0 Å². The number of benzene rings is 2. The number of hydrogen-bond donors (Lipinski definition) is 0. The van der Waals surface area contributed by atoms with Crippen LogP contribution in [0.3, 0.4) is 0 Å². The Balaban J connectivity index is 0.000000350. The molecule has 1 nitrogen and oxygen atoms in total. The highest BCUT2D eigenvalue weighted by Crippen LogP contribution is 2.10. The summed E-state index contributed by atoms with van der Waals surface area (Å²) in [6.45, 7) is 4.87. The molecule has 0 aliphatic carbocycles. The van der Waals surface area contributed by atoms with Crippen molar-refractivity contribution in [3.05, 3.63) is 78.4 Å². The molecule has 0 aliphatic heterocycles. The van der Waals surface area contributed by atoms with Gasteiger partial charge in [-0.25, -0.2) is 0 Å². The fourth-order valence-corrected chi connectivity index (χ4v) is 2.87. The zero-order chi connectivity index (χ0) is 18.9. The van der Waals surface area contributed by atoms with Crippen LogP contribution < -0.4 is 0 Å². The van der Waals surface area contributed by atoms with Crippen LogP contribution in [0.1, 0.15) is 56.1 Å². The molecule has 0 fully saturated rings. The average molecular weight is 352 g/mol. The molecular weight excluding hydrogens is 314 g/mol. The van der Waals surface area contributed by atoms with Gasteiger partial charge in [0.1, 0.15) is 0 Å². The number of unbranched alkanes of at least 4 members (excludes halogenated alkanes) is 6. The Morgan fingerprint density at radius 3 is 1.69 bits per heavy atom. The SMILES string of the molecule is C=Cc1ccccc1.CN(C)CCCCCCCCCc1ccccc1. The Kier molecular flexibility index (Phi) is 13.1. The summed E-state index contributed by atoms with van der Waals surface area (Å²) in [5.74, 6) is 0. The van der Waals surface area contributed by atoms with Crippen LogP contribution in [0, 0.1) is 0 Å². The highest BCUT2D eigenvalue weighted by atomic mass is 15.0. The fourth-order valence-electron chi connectivity index (χ4n) is 2.87. The first-order valence-corrected chi connectivity index (χ1v) is 10.1. The normalized spacial score (nSPS) is 10.3. The molecule has 142 valence electrons. The van der Waals surface area contributed by atoms with Gasteiger partial charge in [0.15, 0.2) is 0 Å². The molecule has 2 aromatic rings. The van der Waals surface area contributed by atoms with Crippen molar-refractivity contribution in [1.29, 1.82) is 0 Å². The van der Waals surface area contributed by atoms with Gasteiger partial charge in [-0.3, -0.25) is 0 Å². The molecule has 0 saturated heterocycles. The molecule has 2 rings (SSSR count). The van der Waals surface area contributed by atoms with Gasteiger partial charge < -0.3 is 4.90 Å². The Hall–Kier alpha value is -1.86. The third-order valence-electron chi connectivity index (χ3n) is 4.45. The van der Waals surface area contributed by atoms with Crippen molar-refractivity contribution in [3.63, 3.8) is 0 Å². The van der Waals surface area contributed by atoms with Gasteiger partial charge >= 0.3 is 0 Å². The summed E-state index contributed by atoms with van der Waals surface area (Å²) < 4.78 is 0. The van der Waals surface area contributed by atoms with Crippen molar-refractivity contribution >= 4 is 6.08 Å².